The van der Waals surface area contributed by atoms with Crippen LogP contribution in [-0.4, -0.2) is 25.8 Å². The number of benzene rings is 1. The van der Waals surface area contributed by atoms with Crippen molar-refractivity contribution >= 4 is 28.9 Å². The number of aromatic nitrogens is 3. The van der Waals surface area contributed by atoms with Gasteiger partial charge in [-0.25, -0.2) is 4.68 Å². The third-order valence-corrected chi connectivity index (χ3v) is 3.07. The van der Waals surface area contributed by atoms with Crippen LogP contribution in [0.4, 0.5) is 5.69 Å². The summed E-state index contributed by atoms with van der Waals surface area (Å²) in [5, 5.41) is 19.1. The lowest BCUT2D eigenvalue weighted by Crippen LogP contribution is -2.01. The maximum absolute atomic E-state index is 11.0. The van der Waals surface area contributed by atoms with Crippen LogP contribution >= 0.6 is 23.2 Å². The molecule has 0 spiro atoms. The van der Waals surface area contributed by atoms with Gasteiger partial charge in [0.2, 0.25) is 0 Å². The second-order valence-corrected chi connectivity index (χ2v) is 4.60. The zero-order valence-corrected chi connectivity index (χ0v) is 11.3. The van der Waals surface area contributed by atoms with E-state index in [1.165, 1.54) is 16.8 Å². The van der Waals surface area contributed by atoms with Gasteiger partial charge in [-0.2, -0.15) is 0 Å². The van der Waals surface area contributed by atoms with Gasteiger partial charge in [0.1, 0.15) is 0 Å². The molecule has 0 N–H and O–H groups in total. The number of hydrogen-bond donors (Lipinski definition) is 0. The van der Waals surface area contributed by atoms with Crippen molar-refractivity contribution in [3.8, 4) is 5.69 Å². The Kier molecular flexibility index (Phi) is 4.34. The summed E-state index contributed by atoms with van der Waals surface area (Å²) in [4.78, 5) is 10.5. The van der Waals surface area contributed by atoms with Crippen molar-refractivity contribution in [1.29, 1.82) is 0 Å². The number of alkyl halides is 1. The van der Waals surface area contributed by atoms with E-state index in [1.54, 1.807) is 12.3 Å². The summed E-state index contributed by atoms with van der Waals surface area (Å²) in [5.74, 6) is 0.527. The van der Waals surface area contributed by atoms with Crippen LogP contribution in [0.25, 0.3) is 5.69 Å². The minimum atomic E-state index is -0.499. The highest BCUT2D eigenvalue weighted by Gasteiger charge is 2.19. The van der Waals surface area contributed by atoms with Gasteiger partial charge in [0.05, 0.1) is 21.8 Å². The monoisotopic (exact) mass is 300 g/mol. The molecule has 19 heavy (non-hydrogen) atoms. The van der Waals surface area contributed by atoms with Crippen molar-refractivity contribution < 1.29 is 4.92 Å². The molecule has 0 aliphatic heterocycles. The maximum Gasteiger partial charge on any atom is 0.296 e. The molecular formula is C11H10Cl2N4O2. The highest BCUT2D eigenvalue weighted by atomic mass is 35.5. The quantitative estimate of drug-likeness (QED) is 0.483. The maximum atomic E-state index is 11.0. The lowest BCUT2D eigenvalue weighted by atomic mass is 10.2. The van der Waals surface area contributed by atoms with E-state index in [4.69, 9.17) is 23.2 Å². The molecule has 1 aromatic heterocycles. The van der Waals surface area contributed by atoms with Gasteiger partial charge < -0.3 is 0 Å². The van der Waals surface area contributed by atoms with Crippen LogP contribution in [0.3, 0.4) is 0 Å². The number of nitro benzene ring substituents is 1. The number of hydrogen-bond acceptors (Lipinski definition) is 4. The lowest BCUT2D eigenvalue weighted by molar-refractivity contribution is -0.384. The zero-order valence-electron chi connectivity index (χ0n) is 9.79. The van der Waals surface area contributed by atoms with Crippen LogP contribution in [0.5, 0.6) is 0 Å². The number of nitrogens with zero attached hydrogens (tertiary/aromatic N) is 4. The number of aryl methyl sites for hydroxylation is 1. The molecule has 0 saturated heterocycles. The van der Waals surface area contributed by atoms with Gasteiger partial charge in [-0.05, 0) is 18.9 Å². The van der Waals surface area contributed by atoms with E-state index in [0.29, 0.717) is 12.3 Å². The summed E-state index contributed by atoms with van der Waals surface area (Å²) in [6.45, 7) is 0. The van der Waals surface area contributed by atoms with E-state index in [2.05, 4.69) is 10.3 Å². The summed E-state index contributed by atoms with van der Waals surface area (Å²) in [5.41, 5.74) is 0.829. The van der Waals surface area contributed by atoms with E-state index in [0.717, 1.165) is 12.1 Å². The zero-order chi connectivity index (χ0) is 13.8. The molecule has 2 aromatic rings. The van der Waals surface area contributed by atoms with Crippen molar-refractivity contribution in [2.45, 2.75) is 12.8 Å². The Morgan fingerprint density at radius 2 is 2.21 bits per heavy atom. The van der Waals surface area contributed by atoms with Gasteiger partial charge in [0, 0.05) is 11.9 Å². The summed E-state index contributed by atoms with van der Waals surface area (Å²) in [6.07, 6.45) is 3.06. The van der Waals surface area contributed by atoms with Gasteiger partial charge in [-0.3, -0.25) is 10.1 Å². The van der Waals surface area contributed by atoms with E-state index in [9.17, 15) is 10.1 Å². The first kappa shape index (κ1) is 13.8. The van der Waals surface area contributed by atoms with Crippen LogP contribution in [0.15, 0.2) is 24.4 Å². The second-order valence-electron chi connectivity index (χ2n) is 3.81. The molecular weight excluding hydrogens is 291 g/mol. The highest BCUT2D eigenvalue weighted by Crippen LogP contribution is 2.29. The Bertz CT molecular complexity index is 600. The number of nitro groups is 1. The average Bonchev–Trinajstić information content (AvgIpc) is 2.84. The summed E-state index contributed by atoms with van der Waals surface area (Å²) in [6, 6.07) is 4.47. The molecule has 0 fully saturated rings. The Morgan fingerprint density at radius 3 is 2.89 bits per heavy atom. The minimum absolute atomic E-state index is 0.110. The van der Waals surface area contributed by atoms with Gasteiger partial charge in [-0.1, -0.05) is 22.9 Å². The van der Waals surface area contributed by atoms with E-state index in [1.807, 2.05) is 0 Å². The molecule has 8 heteroatoms. The fourth-order valence-corrected chi connectivity index (χ4v) is 2.04. The number of para-hydroxylation sites is 1. The van der Waals surface area contributed by atoms with Crippen molar-refractivity contribution in [2.75, 3.05) is 5.88 Å². The summed E-state index contributed by atoms with van der Waals surface area (Å²) in [7, 11) is 0. The molecule has 0 radical (unpaired) electrons. The van der Waals surface area contributed by atoms with Crippen molar-refractivity contribution in [3.63, 3.8) is 0 Å². The molecule has 0 aliphatic rings. The molecule has 100 valence electrons. The Hall–Kier alpha value is -1.66. The summed E-state index contributed by atoms with van der Waals surface area (Å²) >= 11 is 11.6. The van der Waals surface area contributed by atoms with Crippen LogP contribution in [0, 0.1) is 10.1 Å². The fraction of sp³-hybridized carbons (Fsp3) is 0.273. The Labute approximate surface area is 119 Å². The first-order chi connectivity index (χ1) is 9.13. The van der Waals surface area contributed by atoms with Crippen LogP contribution in [0.1, 0.15) is 12.1 Å². The molecule has 0 unspecified atom stereocenters. The molecule has 0 amide bonds. The third-order valence-electron chi connectivity index (χ3n) is 2.50. The van der Waals surface area contributed by atoms with Gasteiger partial charge in [0.25, 0.3) is 5.69 Å². The van der Waals surface area contributed by atoms with Crippen LogP contribution in [0.2, 0.25) is 5.02 Å². The van der Waals surface area contributed by atoms with Crippen LogP contribution < -0.4 is 0 Å². The smallest absolute Gasteiger partial charge is 0.258 e. The topological polar surface area (TPSA) is 73.8 Å². The standard InChI is InChI=1S/C11H10Cl2N4O2/c12-6-2-3-8-7-16(15-14-8)11-9(13)4-1-5-10(11)17(18)19/h1,4-5,7H,2-3,6H2. The fourth-order valence-electron chi connectivity index (χ4n) is 1.65. The highest BCUT2D eigenvalue weighted by molar-refractivity contribution is 6.32. The summed E-state index contributed by atoms with van der Waals surface area (Å²) < 4.78 is 1.32. The van der Waals surface area contributed by atoms with E-state index in [-0.39, 0.29) is 16.4 Å². The lowest BCUT2D eigenvalue weighted by Gasteiger charge is -2.03. The molecule has 1 heterocycles. The Balaban J connectivity index is 2.41. The minimum Gasteiger partial charge on any atom is -0.258 e. The molecule has 0 saturated carbocycles. The van der Waals surface area contributed by atoms with Crippen molar-refractivity contribution in [2.24, 2.45) is 0 Å². The normalized spacial score (nSPS) is 10.6. The van der Waals surface area contributed by atoms with E-state index >= 15 is 0 Å². The first-order valence-electron chi connectivity index (χ1n) is 5.54. The molecule has 1 aromatic carbocycles. The largest absolute Gasteiger partial charge is 0.296 e. The second kappa shape index (κ2) is 5.99. The first-order valence-corrected chi connectivity index (χ1v) is 6.45. The number of halogens is 2. The number of rotatable bonds is 5. The SMILES string of the molecule is O=[N+]([O-])c1cccc(Cl)c1-n1cc(CCCCl)nn1. The average molecular weight is 301 g/mol. The molecule has 0 atom stereocenters. The molecule has 6 nitrogen and oxygen atoms in total. The Morgan fingerprint density at radius 1 is 1.42 bits per heavy atom. The predicted molar refractivity (Wildman–Crippen MR) is 72.1 cm³/mol. The molecule has 2 rings (SSSR count). The van der Waals surface area contributed by atoms with Crippen molar-refractivity contribution in [3.05, 3.63) is 45.2 Å². The molecule has 0 bridgehead atoms. The third kappa shape index (κ3) is 3.02. The van der Waals surface area contributed by atoms with E-state index < -0.39 is 4.92 Å². The molecule has 0 aliphatic carbocycles. The van der Waals surface area contributed by atoms with Crippen LogP contribution in [-0.2, 0) is 6.42 Å². The van der Waals surface area contributed by atoms with Gasteiger partial charge in [0.15, 0.2) is 5.69 Å². The predicted octanol–water partition coefficient (Wildman–Crippen LogP) is 3.00. The van der Waals surface area contributed by atoms with Gasteiger partial charge in [-0.15, -0.1) is 16.7 Å². The van der Waals surface area contributed by atoms with Gasteiger partial charge >= 0.3 is 0 Å². The van der Waals surface area contributed by atoms with Crippen molar-refractivity contribution in [1.82, 2.24) is 15.0 Å².